The lowest BCUT2D eigenvalue weighted by Crippen LogP contribution is -2.49. The Morgan fingerprint density at radius 3 is 2.57 bits per heavy atom. The van der Waals surface area contributed by atoms with E-state index in [1.165, 1.54) is 4.90 Å². The molecule has 0 bridgehead atoms. The van der Waals surface area contributed by atoms with Gasteiger partial charge in [-0.05, 0) is 30.3 Å². The van der Waals surface area contributed by atoms with E-state index in [1.807, 2.05) is 12.1 Å². The molecule has 0 radical (unpaired) electrons. The number of hydrogen-bond acceptors (Lipinski definition) is 4. The van der Waals surface area contributed by atoms with Gasteiger partial charge in [0.15, 0.2) is 0 Å². The van der Waals surface area contributed by atoms with E-state index in [0.717, 1.165) is 0 Å². The normalized spacial score (nSPS) is 14.8. The van der Waals surface area contributed by atoms with E-state index >= 15 is 0 Å². The maximum atomic E-state index is 11.7. The third-order valence-corrected chi connectivity index (χ3v) is 3.06. The third-order valence-electron chi connectivity index (χ3n) is 3.06. The lowest BCUT2D eigenvalue weighted by molar-refractivity contribution is -0.120. The highest BCUT2D eigenvalue weighted by molar-refractivity contribution is 6.05. The number of anilines is 1. The summed E-state index contributed by atoms with van der Waals surface area (Å²) in [7, 11) is 0. The zero-order valence-corrected chi connectivity index (χ0v) is 11.2. The number of hydrogen-bond donors (Lipinski definition) is 1. The number of ether oxygens (including phenoxy) is 1. The molecule has 3 amide bonds. The number of nitrogens with one attached hydrogen (secondary N) is 1. The first-order valence-corrected chi connectivity index (χ1v) is 6.53. The predicted molar refractivity (Wildman–Crippen MR) is 76.3 cm³/mol. The molecule has 6 nitrogen and oxygen atoms in total. The molecule has 0 spiro atoms. The van der Waals surface area contributed by atoms with Crippen LogP contribution in [0.15, 0.2) is 48.7 Å². The summed E-state index contributed by atoms with van der Waals surface area (Å²) in [4.78, 5) is 28.4. The van der Waals surface area contributed by atoms with Crippen molar-refractivity contribution in [2.75, 3.05) is 11.4 Å². The fourth-order valence-corrected chi connectivity index (χ4v) is 2.03. The minimum atomic E-state index is -0.398. The second-order valence-electron chi connectivity index (χ2n) is 4.52. The molecule has 1 saturated heterocycles. The minimum absolute atomic E-state index is 0.244. The average Bonchev–Trinajstić information content (AvgIpc) is 2.49. The number of carbonyl (C=O) groups excluding carboxylic acids is 2. The van der Waals surface area contributed by atoms with Gasteiger partial charge in [0.25, 0.3) is 0 Å². The van der Waals surface area contributed by atoms with Crippen molar-refractivity contribution in [3.63, 3.8) is 0 Å². The molecule has 1 aromatic heterocycles. The second-order valence-corrected chi connectivity index (χ2v) is 4.52. The standard InChI is InChI=1S/C15H13N3O3/c19-13-8-10-18(15(20)17-13)11-4-6-12(7-5-11)21-14-3-1-2-9-16-14/h1-7,9H,8,10H2,(H,17,19,20). The Morgan fingerprint density at radius 1 is 1.10 bits per heavy atom. The zero-order chi connectivity index (χ0) is 14.7. The van der Waals surface area contributed by atoms with Crippen molar-refractivity contribution in [3.05, 3.63) is 48.7 Å². The van der Waals surface area contributed by atoms with Crippen LogP contribution in [0.4, 0.5) is 10.5 Å². The van der Waals surface area contributed by atoms with Crippen LogP contribution >= 0.6 is 0 Å². The van der Waals surface area contributed by atoms with Crippen LogP contribution in [0.1, 0.15) is 6.42 Å². The van der Waals surface area contributed by atoms with E-state index in [4.69, 9.17) is 4.74 Å². The van der Waals surface area contributed by atoms with Crippen molar-refractivity contribution in [2.24, 2.45) is 0 Å². The van der Waals surface area contributed by atoms with Gasteiger partial charge in [0.2, 0.25) is 11.8 Å². The van der Waals surface area contributed by atoms with Crippen LogP contribution < -0.4 is 15.0 Å². The Morgan fingerprint density at radius 2 is 1.90 bits per heavy atom. The summed E-state index contributed by atoms with van der Waals surface area (Å²) in [6.07, 6.45) is 1.96. The van der Waals surface area contributed by atoms with Crippen LogP contribution in [0.3, 0.4) is 0 Å². The smallest absolute Gasteiger partial charge is 0.328 e. The Labute approximate surface area is 121 Å². The Hall–Kier alpha value is -2.89. The van der Waals surface area contributed by atoms with E-state index in [-0.39, 0.29) is 5.91 Å². The molecule has 1 aromatic carbocycles. The number of nitrogens with zero attached hydrogens (tertiary/aromatic N) is 2. The summed E-state index contributed by atoms with van der Waals surface area (Å²) in [6, 6.07) is 12.1. The molecule has 3 rings (SSSR count). The molecule has 21 heavy (non-hydrogen) atoms. The molecule has 106 valence electrons. The largest absolute Gasteiger partial charge is 0.439 e. The number of rotatable bonds is 3. The third kappa shape index (κ3) is 3.00. The zero-order valence-electron chi connectivity index (χ0n) is 11.2. The van der Waals surface area contributed by atoms with Gasteiger partial charge >= 0.3 is 6.03 Å². The monoisotopic (exact) mass is 283 g/mol. The molecule has 1 N–H and O–H groups in total. The van der Waals surface area contributed by atoms with Gasteiger partial charge in [0.1, 0.15) is 5.75 Å². The number of imide groups is 1. The SMILES string of the molecule is O=C1CCN(c2ccc(Oc3ccccn3)cc2)C(=O)N1. The molecule has 0 aliphatic carbocycles. The fraction of sp³-hybridized carbons (Fsp3) is 0.133. The number of benzene rings is 1. The first-order chi connectivity index (χ1) is 10.2. The summed E-state index contributed by atoms with van der Waals surface area (Å²) >= 11 is 0. The maximum Gasteiger partial charge on any atom is 0.328 e. The number of pyridine rings is 1. The molecule has 0 atom stereocenters. The summed E-state index contributed by atoms with van der Waals surface area (Å²) in [5, 5.41) is 2.29. The number of carbonyl (C=O) groups is 2. The number of aromatic nitrogens is 1. The van der Waals surface area contributed by atoms with E-state index < -0.39 is 6.03 Å². The summed E-state index contributed by atoms with van der Waals surface area (Å²) in [5.41, 5.74) is 0.716. The van der Waals surface area contributed by atoms with Crippen molar-refractivity contribution in [3.8, 4) is 11.6 Å². The van der Waals surface area contributed by atoms with Crippen molar-refractivity contribution in [1.29, 1.82) is 0 Å². The van der Waals surface area contributed by atoms with E-state index in [1.54, 1.807) is 36.5 Å². The summed E-state index contributed by atoms with van der Waals surface area (Å²) in [6.45, 7) is 0.380. The summed E-state index contributed by atoms with van der Waals surface area (Å²) < 4.78 is 5.58. The van der Waals surface area contributed by atoms with Crippen molar-refractivity contribution >= 4 is 17.6 Å². The van der Waals surface area contributed by atoms with Gasteiger partial charge in [-0.2, -0.15) is 0 Å². The lowest BCUT2D eigenvalue weighted by atomic mass is 10.2. The van der Waals surface area contributed by atoms with Crippen LogP contribution in [-0.4, -0.2) is 23.5 Å². The van der Waals surface area contributed by atoms with E-state index in [2.05, 4.69) is 10.3 Å². The highest BCUT2D eigenvalue weighted by Crippen LogP contribution is 2.24. The molecule has 0 saturated carbocycles. The van der Waals surface area contributed by atoms with Gasteiger partial charge < -0.3 is 4.74 Å². The molecule has 1 aliphatic heterocycles. The van der Waals surface area contributed by atoms with Gasteiger partial charge in [-0.15, -0.1) is 0 Å². The van der Waals surface area contributed by atoms with Crippen molar-refractivity contribution < 1.29 is 14.3 Å². The Bertz CT molecular complexity index is 656. The van der Waals surface area contributed by atoms with Crippen molar-refractivity contribution in [1.82, 2.24) is 10.3 Å². The highest BCUT2D eigenvalue weighted by Gasteiger charge is 2.23. The first-order valence-electron chi connectivity index (χ1n) is 6.53. The number of urea groups is 1. The quantitative estimate of drug-likeness (QED) is 0.938. The molecule has 0 unspecified atom stereocenters. The maximum absolute atomic E-state index is 11.7. The van der Waals surface area contributed by atoms with Gasteiger partial charge in [-0.1, -0.05) is 6.07 Å². The molecule has 2 aromatic rings. The summed E-state index contributed by atoms with van der Waals surface area (Å²) in [5.74, 6) is 0.892. The number of amides is 3. The Balaban J connectivity index is 1.72. The van der Waals surface area contributed by atoms with Gasteiger partial charge in [-0.25, -0.2) is 9.78 Å². The van der Waals surface area contributed by atoms with E-state index in [0.29, 0.717) is 30.3 Å². The van der Waals surface area contributed by atoms with Crippen LogP contribution in [0.5, 0.6) is 11.6 Å². The topological polar surface area (TPSA) is 71.5 Å². The van der Waals surface area contributed by atoms with E-state index in [9.17, 15) is 9.59 Å². The first kappa shape index (κ1) is 13.1. The van der Waals surface area contributed by atoms with Gasteiger partial charge in [0, 0.05) is 30.9 Å². The predicted octanol–water partition coefficient (Wildman–Crippen LogP) is 2.32. The van der Waals surface area contributed by atoms with Crippen LogP contribution in [0.25, 0.3) is 0 Å². The van der Waals surface area contributed by atoms with Crippen LogP contribution in [-0.2, 0) is 4.79 Å². The molecule has 2 heterocycles. The fourth-order valence-electron chi connectivity index (χ4n) is 2.03. The molecule has 1 aliphatic rings. The Kier molecular flexibility index (Phi) is 3.51. The molecule has 1 fully saturated rings. The molecule has 6 heteroatoms. The van der Waals surface area contributed by atoms with Gasteiger partial charge in [-0.3, -0.25) is 15.0 Å². The minimum Gasteiger partial charge on any atom is -0.439 e. The van der Waals surface area contributed by atoms with Crippen LogP contribution in [0.2, 0.25) is 0 Å². The lowest BCUT2D eigenvalue weighted by Gasteiger charge is -2.26. The highest BCUT2D eigenvalue weighted by atomic mass is 16.5. The molecular formula is C15H13N3O3. The van der Waals surface area contributed by atoms with Crippen LogP contribution in [0, 0.1) is 0 Å². The second kappa shape index (κ2) is 5.62. The average molecular weight is 283 g/mol. The van der Waals surface area contributed by atoms with Gasteiger partial charge in [0.05, 0.1) is 0 Å². The van der Waals surface area contributed by atoms with Crippen molar-refractivity contribution in [2.45, 2.75) is 6.42 Å². The molecular weight excluding hydrogens is 270 g/mol.